The van der Waals surface area contributed by atoms with Gasteiger partial charge in [0, 0.05) is 23.5 Å². The summed E-state index contributed by atoms with van der Waals surface area (Å²) in [5.74, 6) is -0.606. The van der Waals surface area contributed by atoms with Crippen molar-refractivity contribution in [2.75, 3.05) is 13.1 Å². The molecule has 1 aromatic heterocycles. The van der Waals surface area contributed by atoms with Crippen molar-refractivity contribution in [3.8, 4) is 0 Å². The van der Waals surface area contributed by atoms with E-state index in [0.29, 0.717) is 47.6 Å². The van der Waals surface area contributed by atoms with Gasteiger partial charge < -0.3 is 9.64 Å². The van der Waals surface area contributed by atoms with Gasteiger partial charge in [-0.1, -0.05) is 23.7 Å². The van der Waals surface area contributed by atoms with Crippen LogP contribution in [-0.2, 0) is 22.1 Å². The van der Waals surface area contributed by atoms with Crippen molar-refractivity contribution in [3.05, 3.63) is 69.2 Å². The highest BCUT2D eigenvalue weighted by Gasteiger charge is 2.44. The largest absolute Gasteiger partial charge is 0.444 e. The molecule has 222 valence electrons. The number of amides is 3. The molecule has 1 atom stereocenters. The Labute approximate surface area is 249 Å². The van der Waals surface area contributed by atoms with Crippen molar-refractivity contribution in [3.63, 3.8) is 0 Å². The quantitative estimate of drug-likeness (QED) is 0.308. The summed E-state index contributed by atoms with van der Waals surface area (Å²) in [6, 6.07) is 8.01. The lowest BCUT2D eigenvalue weighted by molar-refractivity contribution is -0.138. The maximum Gasteiger partial charge on any atom is 0.416 e. The molecular formula is C29H28ClF3N4O4S. The number of aromatic nitrogens is 2. The minimum absolute atomic E-state index is 0.0420. The SMILES string of the molecule is CC(C)(C)OC(=O)N1CCCC(N2C(=O)S/C(=C(/Cc3ccc(Cl)cc3C(F)(F)F)c3ccc4[nH]ncc4c3)C2=O)C1. The summed E-state index contributed by atoms with van der Waals surface area (Å²) in [6.45, 7) is 5.78. The molecule has 2 aliphatic rings. The standard InChI is InChI=1S/C29H28ClF3N4O4S/c1-28(2,3)41-26(39)36-10-4-5-20(15-36)37-25(38)24(42-27(37)40)21(16-7-9-23-18(11-16)14-34-35-23)12-17-6-8-19(30)13-22(17)29(31,32)33/h6-9,11,13-14,20H,4-5,10,12,15H2,1-3H3,(H,34,35)/b24-21-. The number of thioether (sulfide) groups is 1. The fourth-order valence-electron chi connectivity index (χ4n) is 5.14. The fraction of sp³-hybridized carbons (Fsp3) is 0.379. The second-order valence-corrected chi connectivity index (χ2v) is 12.6. The number of H-pyrrole nitrogens is 1. The molecule has 2 fully saturated rings. The van der Waals surface area contributed by atoms with Gasteiger partial charge in [0.25, 0.3) is 11.1 Å². The van der Waals surface area contributed by atoms with E-state index in [1.165, 1.54) is 17.0 Å². The van der Waals surface area contributed by atoms with Crippen LogP contribution >= 0.6 is 23.4 Å². The Morgan fingerprint density at radius 3 is 2.64 bits per heavy atom. The van der Waals surface area contributed by atoms with E-state index in [1.54, 1.807) is 45.2 Å². The van der Waals surface area contributed by atoms with Gasteiger partial charge in [0.2, 0.25) is 0 Å². The lowest BCUT2D eigenvalue weighted by Crippen LogP contribution is -2.52. The Morgan fingerprint density at radius 1 is 1.17 bits per heavy atom. The number of imide groups is 1. The highest BCUT2D eigenvalue weighted by molar-refractivity contribution is 8.18. The van der Waals surface area contributed by atoms with Crippen LogP contribution in [0.4, 0.5) is 22.8 Å². The summed E-state index contributed by atoms with van der Waals surface area (Å²) in [5, 5.41) is 6.91. The van der Waals surface area contributed by atoms with Gasteiger partial charge in [-0.05, 0) is 92.8 Å². The number of carbonyl (C=O) groups is 3. The topological polar surface area (TPSA) is 95.6 Å². The van der Waals surface area contributed by atoms with E-state index in [9.17, 15) is 27.6 Å². The number of rotatable bonds is 4. The first-order valence-corrected chi connectivity index (χ1v) is 14.5. The van der Waals surface area contributed by atoms with Crippen LogP contribution in [0.1, 0.15) is 50.3 Å². The number of halogens is 4. The maximum atomic E-state index is 14.0. The number of piperidine rings is 1. The number of benzene rings is 2. The van der Waals surface area contributed by atoms with Crippen LogP contribution < -0.4 is 0 Å². The molecule has 8 nitrogen and oxygen atoms in total. The molecule has 1 unspecified atom stereocenters. The van der Waals surface area contributed by atoms with Crippen LogP contribution in [0.5, 0.6) is 0 Å². The molecule has 42 heavy (non-hydrogen) atoms. The van der Waals surface area contributed by atoms with Gasteiger partial charge in [-0.15, -0.1) is 0 Å². The van der Waals surface area contributed by atoms with Crippen LogP contribution in [-0.4, -0.2) is 62.0 Å². The summed E-state index contributed by atoms with van der Waals surface area (Å²) in [5.41, 5.74) is -0.255. The lowest BCUT2D eigenvalue weighted by Gasteiger charge is -2.36. The number of nitrogens with one attached hydrogen (secondary N) is 1. The molecule has 3 amide bonds. The number of likely N-dealkylation sites (tertiary alicyclic amines) is 1. The Balaban J connectivity index is 1.54. The minimum Gasteiger partial charge on any atom is -0.444 e. The predicted molar refractivity (Wildman–Crippen MR) is 154 cm³/mol. The molecule has 2 aliphatic heterocycles. The van der Waals surface area contributed by atoms with Gasteiger partial charge in [-0.25, -0.2) is 4.79 Å². The van der Waals surface area contributed by atoms with Crippen molar-refractivity contribution in [1.29, 1.82) is 0 Å². The molecule has 2 saturated heterocycles. The maximum absolute atomic E-state index is 14.0. The molecule has 0 spiro atoms. The summed E-state index contributed by atoms with van der Waals surface area (Å²) in [4.78, 5) is 42.6. The number of hydrogen-bond donors (Lipinski definition) is 1. The molecule has 1 N–H and O–H groups in total. The monoisotopic (exact) mass is 620 g/mol. The molecule has 0 radical (unpaired) electrons. The van der Waals surface area contributed by atoms with Crippen LogP contribution in [0, 0.1) is 0 Å². The number of ether oxygens (including phenoxy) is 1. The van der Waals surface area contributed by atoms with Crippen molar-refractivity contribution in [2.45, 2.75) is 57.9 Å². The third kappa shape index (κ3) is 6.29. The van der Waals surface area contributed by atoms with Gasteiger partial charge >= 0.3 is 12.3 Å². The predicted octanol–water partition coefficient (Wildman–Crippen LogP) is 7.28. The number of allylic oxidation sites excluding steroid dienone is 1. The molecule has 13 heteroatoms. The molecule has 0 aliphatic carbocycles. The number of aromatic amines is 1. The zero-order valence-corrected chi connectivity index (χ0v) is 24.6. The average Bonchev–Trinajstić information content (AvgIpc) is 3.49. The molecule has 3 aromatic rings. The van der Waals surface area contributed by atoms with Gasteiger partial charge in [0.15, 0.2) is 0 Å². The first-order chi connectivity index (χ1) is 19.7. The summed E-state index contributed by atoms with van der Waals surface area (Å²) in [6.07, 6.45) is -2.90. The third-order valence-electron chi connectivity index (χ3n) is 7.02. The highest BCUT2D eigenvalue weighted by atomic mass is 35.5. The van der Waals surface area contributed by atoms with Gasteiger partial charge in [-0.3, -0.25) is 19.6 Å². The first-order valence-electron chi connectivity index (χ1n) is 13.3. The summed E-state index contributed by atoms with van der Waals surface area (Å²) in [7, 11) is 0. The van der Waals surface area contributed by atoms with Crippen molar-refractivity contribution in [2.24, 2.45) is 0 Å². The van der Waals surface area contributed by atoms with Crippen LogP contribution in [0.3, 0.4) is 0 Å². The zero-order valence-electron chi connectivity index (χ0n) is 23.0. The second kappa shape index (κ2) is 11.3. The molecule has 2 aromatic carbocycles. The molecule has 5 rings (SSSR count). The number of carbonyl (C=O) groups excluding carboxylic acids is 3. The molecule has 0 bridgehead atoms. The minimum atomic E-state index is -4.69. The highest BCUT2D eigenvalue weighted by Crippen LogP contribution is 2.42. The number of alkyl halides is 3. The number of fused-ring (bicyclic) bond motifs is 1. The Kier molecular flexibility index (Phi) is 8.06. The van der Waals surface area contributed by atoms with Crippen molar-refractivity contribution in [1.82, 2.24) is 20.0 Å². The first kappa shape index (κ1) is 30.0. The molecule has 0 saturated carbocycles. The van der Waals surface area contributed by atoms with E-state index < -0.39 is 40.6 Å². The Hall–Kier alpha value is -3.51. The third-order valence-corrected chi connectivity index (χ3v) is 8.25. The molecule has 3 heterocycles. The Morgan fingerprint density at radius 2 is 1.93 bits per heavy atom. The zero-order chi connectivity index (χ0) is 30.4. The Bertz CT molecular complexity index is 1600. The van der Waals surface area contributed by atoms with Crippen LogP contribution in [0.25, 0.3) is 16.5 Å². The van der Waals surface area contributed by atoms with E-state index in [0.717, 1.165) is 11.0 Å². The number of hydrogen-bond acceptors (Lipinski definition) is 6. The van der Waals surface area contributed by atoms with E-state index in [4.69, 9.17) is 16.3 Å². The average molecular weight is 621 g/mol. The number of nitrogens with zero attached hydrogens (tertiary/aromatic N) is 3. The van der Waals surface area contributed by atoms with E-state index in [2.05, 4.69) is 10.2 Å². The van der Waals surface area contributed by atoms with Crippen molar-refractivity contribution >= 4 is 57.1 Å². The summed E-state index contributed by atoms with van der Waals surface area (Å²) < 4.78 is 47.5. The van der Waals surface area contributed by atoms with Gasteiger partial charge in [0.05, 0.1) is 28.2 Å². The van der Waals surface area contributed by atoms with Crippen LogP contribution in [0.15, 0.2) is 47.5 Å². The smallest absolute Gasteiger partial charge is 0.416 e. The fourth-order valence-corrected chi connectivity index (χ4v) is 6.31. The summed E-state index contributed by atoms with van der Waals surface area (Å²) >= 11 is 6.60. The van der Waals surface area contributed by atoms with Gasteiger partial charge in [-0.2, -0.15) is 18.3 Å². The lowest BCUT2D eigenvalue weighted by atomic mass is 9.93. The van der Waals surface area contributed by atoms with E-state index in [1.807, 2.05) is 0 Å². The van der Waals surface area contributed by atoms with E-state index >= 15 is 0 Å². The van der Waals surface area contributed by atoms with Crippen LogP contribution in [0.2, 0.25) is 5.02 Å². The molecular weight excluding hydrogens is 593 g/mol. The van der Waals surface area contributed by atoms with E-state index in [-0.39, 0.29) is 34.0 Å². The van der Waals surface area contributed by atoms with Gasteiger partial charge in [0.1, 0.15) is 5.60 Å². The van der Waals surface area contributed by atoms with Crippen molar-refractivity contribution < 1.29 is 32.3 Å². The second-order valence-electron chi connectivity index (χ2n) is 11.2. The normalized spacial score (nSPS) is 19.5.